The average molecular weight is 222 g/mol. The van der Waals surface area contributed by atoms with Gasteiger partial charge in [-0.05, 0) is 24.7 Å². The Morgan fingerprint density at radius 3 is 2.81 bits per heavy atom. The lowest BCUT2D eigenvalue weighted by atomic mass is 9.93. The van der Waals surface area contributed by atoms with E-state index in [1.807, 2.05) is 0 Å². The van der Waals surface area contributed by atoms with Crippen LogP contribution in [0.2, 0.25) is 0 Å². The number of carbonyl (C=O) groups is 1. The summed E-state index contributed by atoms with van der Waals surface area (Å²) in [6, 6.07) is 0.352. The first-order chi connectivity index (χ1) is 7.69. The first-order valence-corrected chi connectivity index (χ1v) is 6.12. The third-order valence-electron chi connectivity index (χ3n) is 3.61. The molecular formula is C13H22N2O. The summed E-state index contributed by atoms with van der Waals surface area (Å²) < 4.78 is 0. The molecule has 0 heterocycles. The molecule has 0 aromatic heterocycles. The van der Waals surface area contributed by atoms with Gasteiger partial charge >= 0.3 is 0 Å². The average Bonchev–Trinajstić information content (AvgIpc) is 2.60. The van der Waals surface area contributed by atoms with Crippen molar-refractivity contribution < 1.29 is 4.79 Å². The molecule has 1 aliphatic carbocycles. The fourth-order valence-corrected chi connectivity index (χ4v) is 2.53. The maximum absolute atomic E-state index is 11.6. The highest BCUT2D eigenvalue weighted by Crippen LogP contribution is 2.33. The Kier molecular flexibility index (Phi) is 5.34. The highest BCUT2D eigenvalue weighted by Gasteiger charge is 2.32. The monoisotopic (exact) mass is 222 g/mol. The van der Waals surface area contributed by atoms with E-state index < -0.39 is 0 Å². The van der Waals surface area contributed by atoms with Crippen LogP contribution in [0.4, 0.5) is 0 Å². The van der Waals surface area contributed by atoms with E-state index in [9.17, 15) is 4.79 Å². The summed E-state index contributed by atoms with van der Waals surface area (Å²) in [6.45, 7) is 5.23. The SMILES string of the molecule is C#CCNCC(=O)NC1CCC(CC)C1C. The number of rotatable bonds is 5. The largest absolute Gasteiger partial charge is 0.352 e. The Morgan fingerprint density at radius 1 is 1.50 bits per heavy atom. The molecule has 1 rings (SSSR count). The molecule has 3 nitrogen and oxygen atoms in total. The zero-order valence-corrected chi connectivity index (χ0v) is 10.3. The Balaban J connectivity index is 2.27. The van der Waals surface area contributed by atoms with Crippen LogP contribution >= 0.6 is 0 Å². The minimum Gasteiger partial charge on any atom is -0.352 e. The second kappa shape index (κ2) is 6.55. The van der Waals surface area contributed by atoms with E-state index in [0.717, 1.165) is 12.3 Å². The zero-order valence-electron chi connectivity index (χ0n) is 10.3. The van der Waals surface area contributed by atoms with Crippen LogP contribution in [0.25, 0.3) is 0 Å². The van der Waals surface area contributed by atoms with Crippen LogP contribution < -0.4 is 10.6 Å². The maximum atomic E-state index is 11.6. The van der Waals surface area contributed by atoms with Gasteiger partial charge in [0.2, 0.25) is 5.91 Å². The molecule has 1 fully saturated rings. The van der Waals surface area contributed by atoms with Crippen molar-refractivity contribution in [1.82, 2.24) is 10.6 Å². The van der Waals surface area contributed by atoms with Gasteiger partial charge in [-0.15, -0.1) is 6.42 Å². The molecule has 0 saturated heterocycles. The van der Waals surface area contributed by atoms with Gasteiger partial charge in [0.1, 0.15) is 0 Å². The van der Waals surface area contributed by atoms with Crippen molar-refractivity contribution in [1.29, 1.82) is 0 Å². The predicted octanol–water partition coefficient (Wildman–Crippen LogP) is 1.15. The molecule has 0 spiro atoms. The number of nitrogens with one attached hydrogen (secondary N) is 2. The number of terminal acetylenes is 1. The van der Waals surface area contributed by atoms with Crippen molar-refractivity contribution in [3.63, 3.8) is 0 Å². The molecule has 2 N–H and O–H groups in total. The van der Waals surface area contributed by atoms with Gasteiger partial charge in [0.05, 0.1) is 13.1 Å². The van der Waals surface area contributed by atoms with Crippen LogP contribution in [0.1, 0.15) is 33.1 Å². The molecule has 1 aliphatic rings. The Hall–Kier alpha value is -1.01. The van der Waals surface area contributed by atoms with Gasteiger partial charge in [0.15, 0.2) is 0 Å². The molecule has 1 amide bonds. The molecule has 0 aromatic carbocycles. The van der Waals surface area contributed by atoms with Gasteiger partial charge in [-0.25, -0.2) is 0 Å². The summed E-state index contributed by atoms with van der Waals surface area (Å²) in [6.07, 6.45) is 8.65. The van der Waals surface area contributed by atoms with Crippen molar-refractivity contribution in [2.24, 2.45) is 11.8 Å². The van der Waals surface area contributed by atoms with Crippen LogP contribution in [-0.4, -0.2) is 25.0 Å². The van der Waals surface area contributed by atoms with Crippen molar-refractivity contribution in [2.45, 2.75) is 39.2 Å². The summed E-state index contributed by atoms with van der Waals surface area (Å²) in [4.78, 5) is 11.6. The van der Waals surface area contributed by atoms with Crippen LogP contribution in [0.3, 0.4) is 0 Å². The molecule has 0 radical (unpaired) electrons. The van der Waals surface area contributed by atoms with Gasteiger partial charge in [-0.1, -0.05) is 26.2 Å². The fourth-order valence-electron chi connectivity index (χ4n) is 2.53. The summed E-state index contributed by atoms with van der Waals surface area (Å²) >= 11 is 0. The molecule has 0 aliphatic heterocycles. The third-order valence-corrected chi connectivity index (χ3v) is 3.61. The van der Waals surface area contributed by atoms with Crippen LogP contribution in [-0.2, 0) is 4.79 Å². The Bertz CT molecular complexity index is 270. The van der Waals surface area contributed by atoms with E-state index >= 15 is 0 Å². The van der Waals surface area contributed by atoms with E-state index in [-0.39, 0.29) is 5.91 Å². The molecule has 90 valence electrons. The quantitative estimate of drug-likeness (QED) is 0.541. The topological polar surface area (TPSA) is 41.1 Å². The second-order valence-corrected chi connectivity index (χ2v) is 4.59. The van der Waals surface area contributed by atoms with E-state index in [1.165, 1.54) is 12.8 Å². The Morgan fingerprint density at radius 2 is 2.25 bits per heavy atom. The number of hydrogen-bond donors (Lipinski definition) is 2. The molecule has 0 bridgehead atoms. The molecule has 1 saturated carbocycles. The summed E-state index contributed by atoms with van der Waals surface area (Å²) in [5.74, 6) is 3.88. The van der Waals surface area contributed by atoms with Gasteiger partial charge in [-0.2, -0.15) is 0 Å². The third kappa shape index (κ3) is 3.53. The highest BCUT2D eigenvalue weighted by atomic mass is 16.1. The number of amides is 1. The molecule has 3 heteroatoms. The van der Waals surface area contributed by atoms with Crippen molar-refractivity contribution in [3.8, 4) is 12.3 Å². The molecule has 3 atom stereocenters. The van der Waals surface area contributed by atoms with Crippen LogP contribution in [0, 0.1) is 24.2 Å². The fraction of sp³-hybridized carbons (Fsp3) is 0.769. The van der Waals surface area contributed by atoms with Crippen LogP contribution in [0.5, 0.6) is 0 Å². The van der Waals surface area contributed by atoms with E-state index in [2.05, 4.69) is 30.4 Å². The zero-order chi connectivity index (χ0) is 12.0. The maximum Gasteiger partial charge on any atom is 0.234 e. The first-order valence-electron chi connectivity index (χ1n) is 6.12. The molecule has 3 unspecified atom stereocenters. The summed E-state index contributed by atoms with van der Waals surface area (Å²) in [5, 5.41) is 5.98. The number of carbonyl (C=O) groups excluding carboxylic acids is 1. The minimum absolute atomic E-state index is 0.0591. The van der Waals surface area contributed by atoms with Gasteiger partial charge < -0.3 is 5.32 Å². The molecule has 16 heavy (non-hydrogen) atoms. The van der Waals surface area contributed by atoms with E-state index in [4.69, 9.17) is 6.42 Å². The van der Waals surface area contributed by atoms with Crippen molar-refractivity contribution in [2.75, 3.05) is 13.1 Å². The standard InChI is InChI=1S/C13H22N2O/c1-4-8-14-9-13(16)15-12-7-6-11(5-2)10(12)3/h1,10-12,14H,5-9H2,2-3H3,(H,15,16). The lowest BCUT2D eigenvalue weighted by molar-refractivity contribution is -0.121. The molecular weight excluding hydrogens is 200 g/mol. The van der Waals surface area contributed by atoms with Gasteiger partial charge in [0, 0.05) is 6.04 Å². The highest BCUT2D eigenvalue weighted by molar-refractivity contribution is 5.78. The lowest BCUT2D eigenvalue weighted by Crippen LogP contribution is -2.42. The normalized spacial score (nSPS) is 28.7. The van der Waals surface area contributed by atoms with Crippen molar-refractivity contribution in [3.05, 3.63) is 0 Å². The van der Waals surface area contributed by atoms with Crippen LogP contribution in [0.15, 0.2) is 0 Å². The van der Waals surface area contributed by atoms with Gasteiger partial charge in [-0.3, -0.25) is 10.1 Å². The minimum atomic E-state index is 0.0591. The van der Waals surface area contributed by atoms with E-state index in [1.54, 1.807) is 0 Å². The lowest BCUT2D eigenvalue weighted by Gasteiger charge is -2.20. The van der Waals surface area contributed by atoms with Gasteiger partial charge in [0.25, 0.3) is 0 Å². The molecule has 0 aromatic rings. The number of hydrogen-bond acceptors (Lipinski definition) is 2. The van der Waals surface area contributed by atoms with Crippen molar-refractivity contribution >= 4 is 5.91 Å². The smallest absolute Gasteiger partial charge is 0.234 e. The summed E-state index contributed by atoms with van der Waals surface area (Å²) in [7, 11) is 0. The second-order valence-electron chi connectivity index (χ2n) is 4.59. The summed E-state index contributed by atoms with van der Waals surface area (Å²) in [5.41, 5.74) is 0. The predicted molar refractivity (Wildman–Crippen MR) is 65.8 cm³/mol. The van der Waals surface area contributed by atoms with E-state index in [0.29, 0.717) is 25.0 Å². The first kappa shape index (κ1) is 13.1. The Labute approximate surface area is 98.4 Å².